The highest BCUT2D eigenvalue weighted by Gasteiger charge is 2.17. The van der Waals surface area contributed by atoms with Gasteiger partial charge in [0, 0.05) is 5.02 Å². The number of nitrogens with two attached hydrogens (primary N) is 1. The van der Waals surface area contributed by atoms with Gasteiger partial charge in [0.2, 0.25) is 0 Å². The highest BCUT2D eigenvalue weighted by atomic mass is 35.5. The zero-order valence-corrected chi connectivity index (χ0v) is 7.86. The van der Waals surface area contributed by atoms with Crippen molar-refractivity contribution in [2.75, 3.05) is 0 Å². The highest BCUT2D eigenvalue weighted by Crippen LogP contribution is 2.18. The highest BCUT2D eigenvalue weighted by molar-refractivity contribution is 7.89. The lowest BCUT2D eigenvalue weighted by atomic mass is 10.3. The third kappa shape index (κ3) is 2.16. The van der Waals surface area contributed by atoms with E-state index < -0.39 is 20.7 Å². The van der Waals surface area contributed by atoms with E-state index in [1.807, 2.05) is 0 Å². The molecule has 13 heavy (non-hydrogen) atoms. The molecule has 0 aliphatic heterocycles. The summed E-state index contributed by atoms with van der Waals surface area (Å²) < 4.78 is 35.0. The van der Waals surface area contributed by atoms with E-state index in [1.165, 1.54) is 10.9 Å². The first-order valence-electron chi connectivity index (χ1n) is 3.15. The number of nitrogens with one attached hydrogen (secondary N) is 1. The van der Waals surface area contributed by atoms with Gasteiger partial charge in [0.1, 0.15) is 10.7 Å². The summed E-state index contributed by atoms with van der Waals surface area (Å²) >= 11 is 5.48. The third-order valence-corrected chi connectivity index (χ3v) is 2.78. The van der Waals surface area contributed by atoms with Crippen LogP contribution in [0.25, 0.3) is 0 Å². The second-order valence-corrected chi connectivity index (χ2v) is 4.31. The molecule has 7 heteroatoms. The minimum atomic E-state index is -3.98. The number of rotatable bonds is 2. The van der Waals surface area contributed by atoms with Crippen LogP contribution >= 0.6 is 11.6 Å². The van der Waals surface area contributed by atoms with Crippen molar-refractivity contribution in [3.05, 3.63) is 29.0 Å². The molecule has 1 aromatic carbocycles. The van der Waals surface area contributed by atoms with Crippen molar-refractivity contribution in [3.8, 4) is 0 Å². The molecule has 0 atom stereocenters. The topological polar surface area (TPSA) is 72.2 Å². The Bertz CT molecular complexity index is 421. The number of hydrogen-bond donors (Lipinski definition) is 2. The predicted octanol–water partition coefficient (Wildman–Crippen LogP) is 0.631. The SMILES string of the molecule is NNS(=O)(=O)c1cc(Cl)ccc1F. The summed E-state index contributed by atoms with van der Waals surface area (Å²) in [6.07, 6.45) is 0. The van der Waals surface area contributed by atoms with Crippen LogP contribution in [0.3, 0.4) is 0 Å². The zero-order valence-electron chi connectivity index (χ0n) is 6.29. The molecule has 0 aliphatic carbocycles. The minimum Gasteiger partial charge on any atom is -0.257 e. The first-order chi connectivity index (χ1) is 5.97. The zero-order chi connectivity index (χ0) is 10.1. The first kappa shape index (κ1) is 10.4. The molecule has 0 heterocycles. The Kier molecular flexibility index (Phi) is 2.87. The van der Waals surface area contributed by atoms with Gasteiger partial charge in [0.25, 0.3) is 10.0 Å². The minimum absolute atomic E-state index is 0.121. The molecule has 1 aromatic rings. The van der Waals surface area contributed by atoms with E-state index in [4.69, 9.17) is 17.4 Å². The summed E-state index contributed by atoms with van der Waals surface area (Å²) in [6, 6.07) is 3.17. The molecule has 0 fully saturated rings. The van der Waals surface area contributed by atoms with E-state index in [-0.39, 0.29) is 5.02 Å². The van der Waals surface area contributed by atoms with E-state index in [1.54, 1.807) is 0 Å². The van der Waals surface area contributed by atoms with Crippen LogP contribution in [0.2, 0.25) is 5.02 Å². The van der Waals surface area contributed by atoms with Gasteiger partial charge in [-0.25, -0.2) is 12.8 Å². The van der Waals surface area contributed by atoms with E-state index in [0.29, 0.717) is 0 Å². The largest absolute Gasteiger partial charge is 0.257 e. The van der Waals surface area contributed by atoms with Gasteiger partial charge in [-0.3, -0.25) is 5.84 Å². The summed E-state index contributed by atoms with van der Waals surface area (Å²) in [5.41, 5.74) is 0. The predicted molar refractivity (Wildman–Crippen MR) is 45.9 cm³/mol. The summed E-state index contributed by atoms with van der Waals surface area (Å²) in [5.74, 6) is 3.81. The van der Waals surface area contributed by atoms with Gasteiger partial charge in [0.15, 0.2) is 0 Å². The van der Waals surface area contributed by atoms with Gasteiger partial charge in [-0.1, -0.05) is 11.6 Å². The lowest BCUT2D eigenvalue weighted by Gasteiger charge is -2.03. The van der Waals surface area contributed by atoms with Crippen molar-refractivity contribution in [2.24, 2.45) is 5.84 Å². The maximum absolute atomic E-state index is 12.9. The lowest BCUT2D eigenvalue weighted by Crippen LogP contribution is -2.30. The fourth-order valence-electron chi connectivity index (χ4n) is 0.747. The standard InChI is InChI=1S/C6H6ClFN2O2S/c7-4-1-2-5(8)6(3-4)13(11,12)10-9/h1-3,10H,9H2. The van der Waals surface area contributed by atoms with Crippen LogP contribution in [-0.4, -0.2) is 8.42 Å². The maximum atomic E-state index is 12.9. The first-order valence-corrected chi connectivity index (χ1v) is 5.01. The number of benzene rings is 1. The van der Waals surface area contributed by atoms with Crippen molar-refractivity contribution in [1.82, 2.24) is 4.83 Å². The molecule has 0 aromatic heterocycles. The van der Waals surface area contributed by atoms with Gasteiger partial charge < -0.3 is 0 Å². The summed E-state index contributed by atoms with van der Waals surface area (Å²) in [7, 11) is -3.98. The lowest BCUT2D eigenvalue weighted by molar-refractivity contribution is 0.558. The number of halogens is 2. The Morgan fingerprint density at radius 2 is 2.08 bits per heavy atom. The number of sulfonamides is 1. The third-order valence-electron chi connectivity index (χ3n) is 1.34. The molecule has 3 N–H and O–H groups in total. The molecule has 1 rings (SSSR count). The van der Waals surface area contributed by atoms with Gasteiger partial charge >= 0.3 is 0 Å². The van der Waals surface area contributed by atoms with E-state index >= 15 is 0 Å². The van der Waals surface area contributed by atoms with Crippen LogP contribution < -0.4 is 10.7 Å². The van der Waals surface area contributed by atoms with Crippen LogP contribution in [0.5, 0.6) is 0 Å². The number of hydrazine groups is 1. The Labute approximate surface area is 79.5 Å². The van der Waals surface area contributed by atoms with Crippen molar-refractivity contribution >= 4 is 21.6 Å². The summed E-state index contributed by atoms with van der Waals surface area (Å²) in [4.78, 5) is 0.932. The molecule has 0 saturated heterocycles. The average Bonchev–Trinajstić information content (AvgIpc) is 2.09. The molecule has 4 nitrogen and oxygen atoms in total. The van der Waals surface area contributed by atoms with Crippen molar-refractivity contribution < 1.29 is 12.8 Å². The van der Waals surface area contributed by atoms with Crippen LogP contribution in [0.15, 0.2) is 23.1 Å². The molecule has 0 spiro atoms. The van der Waals surface area contributed by atoms with Crippen molar-refractivity contribution in [1.29, 1.82) is 0 Å². The van der Waals surface area contributed by atoms with Gasteiger partial charge in [0.05, 0.1) is 0 Å². The Balaban J connectivity index is 3.38. The van der Waals surface area contributed by atoms with Crippen LogP contribution in [0, 0.1) is 5.82 Å². The fourth-order valence-corrected chi connectivity index (χ4v) is 1.72. The van der Waals surface area contributed by atoms with E-state index in [9.17, 15) is 12.8 Å². The maximum Gasteiger partial charge on any atom is 0.256 e. The van der Waals surface area contributed by atoms with E-state index in [0.717, 1.165) is 12.1 Å². The molecule has 0 bridgehead atoms. The molecule has 0 saturated carbocycles. The number of hydrogen-bond acceptors (Lipinski definition) is 3. The van der Waals surface area contributed by atoms with Crippen molar-refractivity contribution in [2.45, 2.75) is 4.90 Å². The second-order valence-electron chi connectivity index (χ2n) is 2.20. The smallest absolute Gasteiger partial charge is 0.256 e. The monoisotopic (exact) mass is 224 g/mol. The van der Waals surface area contributed by atoms with Gasteiger partial charge in [-0.2, -0.15) is 0 Å². The Morgan fingerprint density at radius 1 is 1.46 bits per heavy atom. The Morgan fingerprint density at radius 3 is 2.62 bits per heavy atom. The molecule has 0 amide bonds. The van der Waals surface area contributed by atoms with Crippen LogP contribution in [-0.2, 0) is 10.0 Å². The summed E-state index contributed by atoms with van der Waals surface area (Å²) in [5, 5.41) is 0.121. The average molecular weight is 225 g/mol. The molecule has 0 radical (unpaired) electrons. The normalized spacial score (nSPS) is 11.6. The summed E-state index contributed by atoms with van der Waals surface area (Å²) in [6.45, 7) is 0. The second kappa shape index (κ2) is 3.59. The van der Waals surface area contributed by atoms with Crippen molar-refractivity contribution in [3.63, 3.8) is 0 Å². The molecular weight excluding hydrogens is 219 g/mol. The molecular formula is C6H6ClFN2O2S. The molecule has 0 aliphatic rings. The van der Waals surface area contributed by atoms with Gasteiger partial charge in [-0.05, 0) is 18.2 Å². The van der Waals surface area contributed by atoms with Gasteiger partial charge in [-0.15, -0.1) is 4.83 Å². The quantitative estimate of drug-likeness (QED) is 0.572. The van der Waals surface area contributed by atoms with E-state index in [2.05, 4.69) is 0 Å². The molecule has 0 unspecified atom stereocenters. The fraction of sp³-hybridized carbons (Fsp3) is 0. The molecule has 72 valence electrons. The van der Waals surface area contributed by atoms with Crippen LogP contribution in [0.4, 0.5) is 4.39 Å². The Hall–Kier alpha value is -0.690. The van der Waals surface area contributed by atoms with Crippen LogP contribution in [0.1, 0.15) is 0 Å².